The van der Waals surface area contributed by atoms with E-state index in [-0.39, 0.29) is 31.1 Å². The van der Waals surface area contributed by atoms with Crippen LogP contribution < -0.4 is 0 Å². The fourth-order valence-corrected chi connectivity index (χ4v) is 6.61. The van der Waals surface area contributed by atoms with Gasteiger partial charge in [-0.05, 0) is 70.6 Å². The second-order valence-corrected chi connectivity index (χ2v) is 15.7. The first-order chi connectivity index (χ1) is 26.5. The van der Waals surface area contributed by atoms with E-state index < -0.39 is 6.10 Å². The second kappa shape index (κ2) is 43.6. The van der Waals surface area contributed by atoms with Gasteiger partial charge in [-0.3, -0.25) is 14.4 Å². The highest BCUT2D eigenvalue weighted by atomic mass is 16.6. The molecule has 0 aromatic rings. The zero-order chi connectivity index (χ0) is 39.4. The summed E-state index contributed by atoms with van der Waals surface area (Å²) in [6.45, 7) is 6.53. The van der Waals surface area contributed by atoms with Crippen LogP contribution in [-0.2, 0) is 28.6 Å². The Morgan fingerprint density at radius 1 is 0.352 bits per heavy atom. The minimum Gasteiger partial charge on any atom is -0.462 e. The smallest absolute Gasteiger partial charge is 0.306 e. The molecule has 6 heteroatoms. The summed E-state index contributed by atoms with van der Waals surface area (Å²) in [5.74, 6) is -0.898. The van der Waals surface area contributed by atoms with E-state index in [1.807, 2.05) is 0 Å². The van der Waals surface area contributed by atoms with Gasteiger partial charge in [0, 0.05) is 19.3 Å². The fraction of sp³-hybridized carbons (Fsp3) is 0.854. The average molecular weight is 761 g/mol. The number of carbonyl (C=O) groups excluding carboxylic acids is 3. The first-order valence-corrected chi connectivity index (χ1v) is 23.3. The van der Waals surface area contributed by atoms with E-state index >= 15 is 0 Å². The molecule has 0 N–H and O–H groups in total. The van der Waals surface area contributed by atoms with E-state index in [1.165, 1.54) is 135 Å². The van der Waals surface area contributed by atoms with Crippen LogP contribution in [0.4, 0.5) is 0 Å². The summed E-state index contributed by atoms with van der Waals surface area (Å²) < 4.78 is 16.6. The number of esters is 3. The minimum atomic E-state index is -0.769. The molecule has 6 nitrogen and oxygen atoms in total. The predicted molar refractivity (Wildman–Crippen MR) is 229 cm³/mol. The topological polar surface area (TPSA) is 78.9 Å². The Morgan fingerprint density at radius 3 is 0.944 bits per heavy atom. The molecule has 0 rings (SSSR count). The van der Waals surface area contributed by atoms with Crippen molar-refractivity contribution in [2.24, 2.45) is 0 Å². The summed E-state index contributed by atoms with van der Waals surface area (Å²) in [5, 5.41) is 0. The molecule has 54 heavy (non-hydrogen) atoms. The van der Waals surface area contributed by atoms with Crippen LogP contribution in [0, 0.1) is 0 Å². The van der Waals surface area contributed by atoms with Gasteiger partial charge < -0.3 is 14.2 Å². The summed E-state index contributed by atoms with van der Waals surface area (Å²) in [6.07, 6.45) is 47.6. The van der Waals surface area contributed by atoms with E-state index in [0.29, 0.717) is 19.3 Å². The molecule has 1 atom stereocenters. The molecule has 0 saturated carbocycles. The Labute approximate surface area is 334 Å². The van der Waals surface area contributed by atoms with E-state index in [0.717, 1.165) is 70.6 Å². The Kier molecular flexibility index (Phi) is 41.9. The van der Waals surface area contributed by atoms with Crippen LogP contribution >= 0.6 is 0 Å². The standard InChI is InChI=1S/C48H88O6/c1-4-7-10-13-15-17-19-21-22-23-24-25-27-28-30-32-35-38-41-47(50)53-44-45(43-52-46(49)40-37-34-12-9-6-3)54-48(51)42-39-36-33-31-29-26-20-18-16-14-11-8-5-2/h18,20,22-23,45H,4-17,19,21,24-44H2,1-3H3/b20-18-,23-22-. The molecule has 0 amide bonds. The molecule has 0 radical (unpaired) electrons. The molecule has 0 aliphatic carbocycles. The quantitative estimate of drug-likeness (QED) is 0.0267. The first-order valence-electron chi connectivity index (χ1n) is 23.3. The van der Waals surface area contributed by atoms with Crippen LogP contribution in [-0.4, -0.2) is 37.2 Å². The normalized spacial score (nSPS) is 12.1. The number of ether oxygens (including phenoxy) is 3. The number of allylic oxidation sites excluding steroid dienone is 4. The molecular weight excluding hydrogens is 673 g/mol. The van der Waals surface area contributed by atoms with Crippen LogP contribution in [0.15, 0.2) is 24.3 Å². The third kappa shape index (κ3) is 41.1. The van der Waals surface area contributed by atoms with Crippen molar-refractivity contribution in [3.05, 3.63) is 24.3 Å². The minimum absolute atomic E-state index is 0.0754. The number of unbranched alkanes of at least 4 members (excludes halogenated alkanes) is 27. The van der Waals surface area contributed by atoms with Gasteiger partial charge in [0.2, 0.25) is 0 Å². The van der Waals surface area contributed by atoms with Crippen molar-refractivity contribution in [2.45, 2.75) is 252 Å². The van der Waals surface area contributed by atoms with E-state index in [2.05, 4.69) is 45.1 Å². The lowest BCUT2D eigenvalue weighted by atomic mass is 10.1. The highest BCUT2D eigenvalue weighted by molar-refractivity contribution is 5.71. The van der Waals surface area contributed by atoms with E-state index in [4.69, 9.17) is 14.2 Å². The largest absolute Gasteiger partial charge is 0.462 e. The van der Waals surface area contributed by atoms with Gasteiger partial charge in [-0.2, -0.15) is 0 Å². The zero-order valence-electron chi connectivity index (χ0n) is 36.0. The van der Waals surface area contributed by atoms with Gasteiger partial charge in [-0.15, -0.1) is 0 Å². The molecule has 1 unspecified atom stereocenters. The van der Waals surface area contributed by atoms with Crippen LogP contribution in [0.1, 0.15) is 245 Å². The van der Waals surface area contributed by atoms with Crippen LogP contribution in [0.25, 0.3) is 0 Å². The summed E-state index contributed by atoms with van der Waals surface area (Å²) in [6, 6.07) is 0. The van der Waals surface area contributed by atoms with Crippen molar-refractivity contribution < 1.29 is 28.6 Å². The van der Waals surface area contributed by atoms with Gasteiger partial charge >= 0.3 is 17.9 Å². The molecule has 0 heterocycles. The fourth-order valence-electron chi connectivity index (χ4n) is 6.61. The third-order valence-electron chi connectivity index (χ3n) is 10.2. The maximum Gasteiger partial charge on any atom is 0.306 e. The molecule has 0 bridgehead atoms. The number of hydrogen-bond acceptors (Lipinski definition) is 6. The molecule has 0 fully saturated rings. The van der Waals surface area contributed by atoms with Crippen LogP contribution in [0.2, 0.25) is 0 Å². The average Bonchev–Trinajstić information content (AvgIpc) is 3.17. The Balaban J connectivity index is 4.19. The Bertz CT molecular complexity index is 880. The lowest BCUT2D eigenvalue weighted by Crippen LogP contribution is -2.30. The van der Waals surface area contributed by atoms with Gasteiger partial charge in [0.05, 0.1) is 0 Å². The van der Waals surface area contributed by atoms with Gasteiger partial charge in [0.25, 0.3) is 0 Å². The van der Waals surface area contributed by atoms with Crippen molar-refractivity contribution in [1.29, 1.82) is 0 Å². The first kappa shape index (κ1) is 51.9. The summed E-state index contributed by atoms with van der Waals surface area (Å²) in [4.78, 5) is 37.5. The highest BCUT2D eigenvalue weighted by Crippen LogP contribution is 2.14. The van der Waals surface area contributed by atoms with Crippen LogP contribution in [0.5, 0.6) is 0 Å². The van der Waals surface area contributed by atoms with Crippen molar-refractivity contribution >= 4 is 17.9 Å². The summed E-state index contributed by atoms with van der Waals surface area (Å²) >= 11 is 0. The number of hydrogen-bond donors (Lipinski definition) is 0. The Hall–Kier alpha value is -2.11. The number of rotatable bonds is 42. The number of carbonyl (C=O) groups is 3. The molecule has 0 aromatic heterocycles. The molecular formula is C48H88O6. The molecule has 0 spiro atoms. The Morgan fingerprint density at radius 2 is 0.611 bits per heavy atom. The monoisotopic (exact) mass is 761 g/mol. The van der Waals surface area contributed by atoms with Crippen molar-refractivity contribution in [1.82, 2.24) is 0 Å². The van der Waals surface area contributed by atoms with Crippen molar-refractivity contribution in [2.75, 3.05) is 13.2 Å². The highest BCUT2D eigenvalue weighted by Gasteiger charge is 2.19. The lowest BCUT2D eigenvalue weighted by molar-refractivity contribution is -0.167. The van der Waals surface area contributed by atoms with Crippen molar-refractivity contribution in [3.8, 4) is 0 Å². The van der Waals surface area contributed by atoms with Crippen LogP contribution in [0.3, 0.4) is 0 Å². The van der Waals surface area contributed by atoms with E-state index in [1.54, 1.807) is 0 Å². The van der Waals surface area contributed by atoms with Crippen molar-refractivity contribution in [3.63, 3.8) is 0 Å². The SMILES string of the molecule is CCCCCC/C=C\CCCCCCCC(=O)OC(COC(=O)CCCCCCC)COC(=O)CCCCCCCCC/C=C\CCCCCCCCC. The zero-order valence-corrected chi connectivity index (χ0v) is 36.0. The van der Waals surface area contributed by atoms with E-state index in [9.17, 15) is 14.4 Å². The molecule has 0 aliphatic rings. The molecule has 0 saturated heterocycles. The maximum absolute atomic E-state index is 12.7. The second-order valence-electron chi connectivity index (χ2n) is 15.7. The summed E-state index contributed by atoms with van der Waals surface area (Å²) in [7, 11) is 0. The van der Waals surface area contributed by atoms with Gasteiger partial charge in [-0.1, -0.05) is 180 Å². The third-order valence-corrected chi connectivity index (χ3v) is 10.2. The van der Waals surface area contributed by atoms with Gasteiger partial charge in [-0.25, -0.2) is 0 Å². The molecule has 0 aromatic carbocycles. The predicted octanol–water partition coefficient (Wildman–Crippen LogP) is 14.8. The van der Waals surface area contributed by atoms with Gasteiger partial charge in [0.1, 0.15) is 13.2 Å². The lowest BCUT2D eigenvalue weighted by Gasteiger charge is -2.18. The molecule has 316 valence electrons. The molecule has 0 aliphatic heterocycles. The van der Waals surface area contributed by atoms with Gasteiger partial charge in [0.15, 0.2) is 6.10 Å². The summed E-state index contributed by atoms with van der Waals surface area (Å²) in [5.41, 5.74) is 0. The maximum atomic E-state index is 12.7.